The van der Waals surface area contributed by atoms with E-state index in [4.69, 9.17) is 12.1 Å². The molecule has 3 radical (unpaired) electrons. The van der Waals surface area contributed by atoms with E-state index in [1.807, 2.05) is 78.9 Å². The molecule has 93 valence electrons. The number of hydrogen-bond acceptors (Lipinski definition) is 1. The zero-order valence-electron chi connectivity index (χ0n) is 10.4. The Morgan fingerprint density at radius 2 is 1.21 bits per heavy atom. The van der Waals surface area contributed by atoms with Crippen LogP contribution in [0.1, 0.15) is 0 Å². The van der Waals surface area contributed by atoms with Crippen LogP contribution in [0.4, 0.5) is 0 Å². The van der Waals surface area contributed by atoms with Crippen LogP contribution in [0.5, 0.6) is 5.75 Å². The summed E-state index contributed by atoms with van der Waals surface area (Å²) in [4.78, 5) is 0. The van der Waals surface area contributed by atoms with E-state index in [0.29, 0.717) is 0 Å². The Kier molecular flexibility index (Phi) is 3.27. The molecule has 3 heteroatoms. The van der Waals surface area contributed by atoms with Crippen LogP contribution in [0.3, 0.4) is 0 Å². The van der Waals surface area contributed by atoms with Crippen molar-refractivity contribution in [3.05, 3.63) is 78.9 Å². The second-order valence-corrected chi connectivity index (χ2v) is 6.88. The van der Waals surface area contributed by atoms with Crippen molar-refractivity contribution in [1.82, 2.24) is 0 Å². The molecule has 0 saturated heterocycles. The first-order chi connectivity index (χ1) is 9.29. The Morgan fingerprint density at radius 3 is 1.68 bits per heavy atom. The van der Waals surface area contributed by atoms with Crippen molar-refractivity contribution < 1.29 is 4.52 Å². The normalized spacial score (nSPS) is 11.4. The van der Waals surface area contributed by atoms with Gasteiger partial charge in [0.1, 0.15) is 0 Å². The van der Waals surface area contributed by atoms with Crippen LogP contribution < -0.4 is 15.1 Å². The van der Waals surface area contributed by atoms with E-state index in [1.165, 1.54) is 0 Å². The van der Waals surface area contributed by atoms with E-state index in [2.05, 4.69) is 0 Å². The average molecular weight is 263 g/mol. The van der Waals surface area contributed by atoms with E-state index in [1.54, 1.807) is 0 Å². The molecule has 1 nitrogen and oxygen atoms in total. The molecule has 0 fully saturated rings. The van der Waals surface area contributed by atoms with Gasteiger partial charge in [-0.25, -0.2) is 24.3 Å². The van der Waals surface area contributed by atoms with E-state index in [9.17, 15) is 0 Å². The highest BCUT2D eigenvalue weighted by molar-refractivity contribution is 8.05. The smallest absolute Gasteiger partial charge is 0.164 e. The first-order valence-electron chi connectivity index (χ1n) is 6.16. The number of rotatable bonds is 4. The highest BCUT2D eigenvalue weighted by atomic mass is 31.2. The van der Waals surface area contributed by atoms with Gasteiger partial charge < -0.3 is 4.52 Å². The SMILES string of the molecule is [B-][P+](Oc1ccccc1)([c-]1cccc1)[c-]1cccc1. The molecule has 0 unspecified atom stereocenters. The first kappa shape index (κ1) is 12.3. The molecule has 0 bridgehead atoms. The molecule has 3 aromatic rings. The quantitative estimate of drug-likeness (QED) is 0.399. The second-order valence-electron chi connectivity index (χ2n) is 4.35. The summed E-state index contributed by atoms with van der Waals surface area (Å²) in [5.41, 5.74) is 0. The molecule has 0 amide bonds. The molecule has 3 aromatic carbocycles. The molecule has 3 rings (SSSR count). The molecule has 19 heavy (non-hydrogen) atoms. The van der Waals surface area contributed by atoms with Gasteiger partial charge >= 0.3 is 0 Å². The second kappa shape index (κ2) is 5.07. The van der Waals surface area contributed by atoms with Crippen molar-refractivity contribution in [2.75, 3.05) is 0 Å². The molecule has 0 heterocycles. The molecule has 0 aliphatic carbocycles. The molecule has 0 spiro atoms. The highest BCUT2D eigenvalue weighted by Crippen LogP contribution is 2.52. The molecular formula is C16H13BOP-2. The van der Waals surface area contributed by atoms with Gasteiger partial charge in [0.15, 0.2) is 5.75 Å². The van der Waals surface area contributed by atoms with Gasteiger partial charge in [-0.3, -0.25) is 7.57 Å². The number of para-hydroxylation sites is 1. The lowest BCUT2D eigenvalue weighted by Crippen LogP contribution is -2.24. The van der Waals surface area contributed by atoms with E-state index in [-0.39, 0.29) is 0 Å². The molecular weight excluding hydrogens is 250 g/mol. The maximum absolute atomic E-state index is 6.65. The Bertz CT molecular complexity index is 580. The fourth-order valence-electron chi connectivity index (χ4n) is 2.07. The summed E-state index contributed by atoms with van der Waals surface area (Å²) in [5.74, 6) is 0.806. The minimum atomic E-state index is -2.30. The Morgan fingerprint density at radius 1 is 0.737 bits per heavy atom. The van der Waals surface area contributed by atoms with Gasteiger partial charge in [-0.1, -0.05) is 18.2 Å². The first-order valence-corrected chi connectivity index (χ1v) is 7.93. The fourth-order valence-corrected chi connectivity index (χ4v) is 4.27. The van der Waals surface area contributed by atoms with Crippen LogP contribution >= 0.6 is 7.37 Å². The van der Waals surface area contributed by atoms with Crippen LogP contribution in [-0.2, 0) is 0 Å². The van der Waals surface area contributed by atoms with Crippen LogP contribution in [-0.4, -0.2) is 7.57 Å². The van der Waals surface area contributed by atoms with Crippen molar-refractivity contribution in [3.63, 3.8) is 0 Å². The van der Waals surface area contributed by atoms with Crippen LogP contribution in [0, 0.1) is 0 Å². The predicted octanol–water partition coefficient (Wildman–Crippen LogP) is 3.17. The van der Waals surface area contributed by atoms with Crippen LogP contribution in [0.15, 0.2) is 78.9 Å². The lowest BCUT2D eigenvalue weighted by molar-refractivity contribution is 0.625. The lowest BCUT2D eigenvalue weighted by atomic mass is 10.3. The van der Waals surface area contributed by atoms with E-state index < -0.39 is 7.37 Å². The largest absolute Gasteiger partial charge is 0.418 e. The summed E-state index contributed by atoms with van der Waals surface area (Å²) in [5, 5.41) is 2.12. The monoisotopic (exact) mass is 263 g/mol. The maximum Gasteiger partial charge on any atom is 0.164 e. The van der Waals surface area contributed by atoms with Crippen LogP contribution in [0.2, 0.25) is 0 Å². The Hall–Kier alpha value is -1.79. The zero-order valence-corrected chi connectivity index (χ0v) is 11.3. The summed E-state index contributed by atoms with van der Waals surface area (Å²) in [7, 11) is 4.35. The Labute approximate surface area is 115 Å². The van der Waals surface area contributed by atoms with Gasteiger partial charge in [-0.2, -0.15) is 0 Å². The zero-order chi connectivity index (χ0) is 13.1. The van der Waals surface area contributed by atoms with Gasteiger partial charge in [0.2, 0.25) is 0 Å². The van der Waals surface area contributed by atoms with E-state index in [0.717, 1.165) is 16.4 Å². The third-order valence-corrected chi connectivity index (χ3v) is 5.68. The maximum atomic E-state index is 6.65. The van der Waals surface area contributed by atoms with Gasteiger partial charge in [-0.05, 0) is 22.7 Å². The summed E-state index contributed by atoms with van der Waals surface area (Å²) in [6, 6.07) is 25.9. The fraction of sp³-hybridized carbons (Fsp3) is 0. The van der Waals surface area contributed by atoms with Crippen molar-refractivity contribution in [2.24, 2.45) is 0 Å². The third kappa shape index (κ3) is 2.37. The summed E-state index contributed by atoms with van der Waals surface area (Å²) in [6.45, 7) is 0. The van der Waals surface area contributed by atoms with Crippen molar-refractivity contribution >= 4 is 25.5 Å². The van der Waals surface area contributed by atoms with Gasteiger partial charge in [0, 0.05) is 0 Å². The molecule has 0 aliphatic rings. The van der Waals surface area contributed by atoms with E-state index >= 15 is 0 Å². The summed E-state index contributed by atoms with van der Waals surface area (Å²) in [6.07, 6.45) is 0. The standard InChI is InChI=1S/C16H13BOP/c17-19(15-10-4-5-11-15,16-12-6-7-13-16)18-14-8-2-1-3-9-14/h1-13H/q-2. The summed E-state index contributed by atoms with van der Waals surface area (Å²) >= 11 is 0. The highest BCUT2D eigenvalue weighted by Gasteiger charge is 2.19. The summed E-state index contributed by atoms with van der Waals surface area (Å²) < 4.78 is 6.18. The minimum Gasteiger partial charge on any atom is -0.418 e. The molecule has 0 atom stereocenters. The Balaban J connectivity index is 2.03. The van der Waals surface area contributed by atoms with Gasteiger partial charge in [0.25, 0.3) is 0 Å². The predicted molar refractivity (Wildman–Crippen MR) is 83.1 cm³/mol. The third-order valence-electron chi connectivity index (χ3n) is 3.05. The number of hydrogen-bond donors (Lipinski definition) is 0. The number of benzene rings is 1. The average Bonchev–Trinajstić information content (AvgIpc) is 3.14. The molecule has 0 saturated carbocycles. The lowest BCUT2D eigenvalue weighted by Gasteiger charge is -2.41. The van der Waals surface area contributed by atoms with Gasteiger partial charge in [-0.15, -0.1) is 31.6 Å². The van der Waals surface area contributed by atoms with Gasteiger partial charge in [0.05, 0.1) is 0 Å². The molecule has 0 N–H and O–H groups in total. The minimum absolute atomic E-state index is 0.806. The van der Waals surface area contributed by atoms with Crippen molar-refractivity contribution in [2.45, 2.75) is 0 Å². The molecule has 0 aliphatic heterocycles. The van der Waals surface area contributed by atoms with Crippen molar-refractivity contribution in [1.29, 1.82) is 0 Å². The topological polar surface area (TPSA) is 9.23 Å². The molecule has 0 aromatic heterocycles. The van der Waals surface area contributed by atoms with Crippen molar-refractivity contribution in [3.8, 4) is 5.75 Å². The van der Waals surface area contributed by atoms with Crippen LogP contribution in [0.25, 0.3) is 0 Å².